The van der Waals surface area contributed by atoms with Gasteiger partial charge in [-0.3, -0.25) is 0 Å². The van der Waals surface area contributed by atoms with Crippen molar-refractivity contribution in [3.63, 3.8) is 0 Å². The number of anilines is 1. The fourth-order valence-electron chi connectivity index (χ4n) is 5.66. The first-order chi connectivity index (χ1) is 9.63. The van der Waals surface area contributed by atoms with Gasteiger partial charge in [-0.15, -0.1) is 0 Å². The average Bonchev–Trinajstić information content (AvgIpc) is 2.36. The third kappa shape index (κ3) is 2.06. The van der Waals surface area contributed by atoms with E-state index in [9.17, 15) is 0 Å². The second-order valence-corrected chi connectivity index (χ2v) is 8.06. The molecule has 4 aliphatic carbocycles. The summed E-state index contributed by atoms with van der Waals surface area (Å²) < 4.78 is 0. The van der Waals surface area contributed by atoms with Gasteiger partial charge in [0.05, 0.1) is 0 Å². The van der Waals surface area contributed by atoms with E-state index in [0.717, 1.165) is 17.8 Å². The standard InChI is InChI=1S/C19H27N/c1-13(2)17-5-3-4-6-18(17)20-19-10-14-7-15(11-19)9-16(8-14)12-19/h3-6,13-16,20H,7-12H2,1-2H3. The molecule has 20 heavy (non-hydrogen) atoms. The van der Waals surface area contributed by atoms with Crippen molar-refractivity contribution in [3.05, 3.63) is 29.8 Å². The first-order valence-electron chi connectivity index (χ1n) is 8.51. The molecule has 1 heteroatoms. The second kappa shape index (κ2) is 4.51. The van der Waals surface area contributed by atoms with Gasteiger partial charge in [-0.2, -0.15) is 0 Å². The Labute approximate surface area is 123 Å². The molecule has 0 amide bonds. The van der Waals surface area contributed by atoms with E-state index in [2.05, 4.69) is 43.4 Å². The summed E-state index contributed by atoms with van der Waals surface area (Å²) >= 11 is 0. The van der Waals surface area contributed by atoms with E-state index in [4.69, 9.17) is 0 Å². The highest BCUT2D eigenvalue weighted by atomic mass is 15.0. The molecule has 108 valence electrons. The number of hydrogen-bond acceptors (Lipinski definition) is 1. The quantitative estimate of drug-likeness (QED) is 0.796. The lowest BCUT2D eigenvalue weighted by Crippen LogP contribution is -2.54. The molecule has 4 bridgehead atoms. The van der Waals surface area contributed by atoms with E-state index >= 15 is 0 Å². The van der Waals surface area contributed by atoms with Gasteiger partial charge in [0.25, 0.3) is 0 Å². The molecule has 4 fully saturated rings. The highest BCUT2D eigenvalue weighted by Gasteiger charge is 2.50. The molecule has 0 radical (unpaired) electrons. The van der Waals surface area contributed by atoms with Crippen LogP contribution in [0.2, 0.25) is 0 Å². The maximum Gasteiger partial charge on any atom is 0.0381 e. The zero-order chi connectivity index (χ0) is 13.7. The van der Waals surface area contributed by atoms with Crippen molar-refractivity contribution in [2.75, 3.05) is 5.32 Å². The van der Waals surface area contributed by atoms with Crippen LogP contribution in [0.1, 0.15) is 63.9 Å². The van der Waals surface area contributed by atoms with Crippen molar-refractivity contribution in [1.29, 1.82) is 0 Å². The predicted octanol–water partition coefficient (Wildman–Crippen LogP) is 5.19. The van der Waals surface area contributed by atoms with Crippen LogP contribution in [0.4, 0.5) is 5.69 Å². The lowest BCUT2D eigenvalue weighted by Gasteiger charge is -2.57. The van der Waals surface area contributed by atoms with Crippen LogP contribution in [-0.2, 0) is 0 Å². The third-order valence-corrected chi connectivity index (χ3v) is 6.02. The van der Waals surface area contributed by atoms with Crippen LogP contribution in [0, 0.1) is 17.8 Å². The minimum Gasteiger partial charge on any atom is -0.379 e. The summed E-state index contributed by atoms with van der Waals surface area (Å²) in [5.41, 5.74) is 3.33. The first kappa shape index (κ1) is 12.7. The topological polar surface area (TPSA) is 12.0 Å². The van der Waals surface area contributed by atoms with Crippen molar-refractivity contribution < 1.29 is 0 Å². The SMILES string of the molecule is CC(C)c1ccccc1NC12CC3CC(CC(C3)C1)C2. The van der Waals surface area contributed by atoms with Crippen LogP contribution in [0.15, 0.2) is 24.3 Å². The third-order valence-electron chi connectivity index (χ3n) is 6.02. The molecule has 0 unspecified atom stereocenters. The van der Waals surface area contributed by atoms with Crippen LogP contribution in [0.5, 0.6) is 0 Å². The van der Waals surface area contributed by atoms with E-state index in [1.54, 1.807) is 0 Å². The van der Waals surface area contributed by atoms with Gasteiger partial charge >= 0.3 is 0 Å². The Bertz CT molecular complexity index is 467. The van der Waals surface area contributed by atoms with Gasteiger partial charge in [-0.05, 0) is 73.8 Å². The Morgan fingerprint density at radius 1 is 0.950 bits per heavy atom. The molecule has 4 aliphatic rings. The summed E-state index contributed by atoms with van der Waals surface area (Å²) in [5.74, 6) is 3.65. The maximum absolute atomic E-state index is 4.04. The molecule has 0 heterocycles. The molecule has 0 spiro atoms. The van der Waals surface area contributed by atoms with E-state index in [-0.39, 0.29) is 0 Å². The van der Waals surface area contributed by atoms with Gasteiger partial charge < -0.3 is 5.32 Å². The van der Waals surface area contributed by atoms with Crippen LogP contribution in [-0.4, -0.2) is 5.54 Å². The highest BCUT2D eigenvalue weighted by Crippen LogP contribution is 2.56. The number of rotatable bonds is 3. The molecule has 0 aromatic heterocycles. The van der Waals surface area contributed by atoms with Gasteiger partial charge in [-0.1, -0.05) is 32.0 Å². The summed E-state index contributed by atoms with van der Waals surface area (Å²) in [6.07, 6.45) is 8.83. The molecular formula is C19H27N. The normalized spacial score (nSPS) is 38.5. The minimum atomic E-state index is 0.430. The number of benzene rings is 1. The van der Waals surface area contributed by atoms with Crippen molar-refractivity contribution in [1.82, 2.24) is 0 Å². The Kier molecular flexibility index (Phi) is 2.87. The molecule has 0 saturated heterocycles. The monoisotopic (exact) mass is 269 g/mol. The smallest absolute Gasteiger partial charge is 0.0381 e. The number of nitrogens with one attached hydrogen (secondary N) is 1. The Morgan fingerprint density at radius 2 is 1.50 bits per heavy atom. The second-order valence-electron chi connectivity index (χ2n) is 8.06. The van der Waals surface area contributed by atoms with Crippen molar-refractivity contribution in [3.8, 4) is 0 Å². The molecular weight excluding hydrogens is 242 g/mol. The van der Waals surface area contributed by atoms with E-state index < -0.39 is 0 Å². The first-order valence-corrected chi connectivity index (χ1v) is 8.51. The summed E-state index contributed by atoms with van der Waals surface area (Å²) in [5, 5.41) is 4.04. The Morgan fingerprint density at radius 3 is 2.05 bits per heavy atom. The van der Waals surface area contributed by atoms with Crippen molar-refractivity contribution in [2.24, 2.45) is 17.8 Å². The van der Waals surface area contributed by atoms with Crippen molar-refractivity contribution in [2.45, 2.75) is 63.8 Å². The predicted molar refractivity (Wildman–Crippen MR) is 85.1 cm³/mol. The van der Waals surface area contributed by atoms with Crippen LogP contribution in [0.25, 0.3) is 0 Å². The molecule has 1 aromatic rings. The Balaban J connectivity index is 1.63. The summed E-state index contributed by atoms with van der Waals surface area (Å²) in [7, 11) is 0. The van der Waals surface area contributed by atoms with Gasteiger partial charge in [0.1, 0.15) is 0 Å². The molecule has 4 saturated carbocycles. The fourth-order valence-corrected chi connectivity index (χ4v) is 5.66. The zero-order valence-corrected chi connectivity index (χ0v) is 12.9. The zero-order valence-electron chi connectivity index (χ0n) is 12.9. The van der Waals surface area contributed by atoms with Gasteiger partial charge in [0.2, 0.25) is 0 Å². The van der Waals surface area contributed by atoms with E-state index in [0.29, 0.717) is 11.5 Å². The molecule has 1 nitrogen and oxygen atoms in total. The Hall–Kier alpha value is -0.980. The largest absolute Gasteiger partial charge is 0.379 e. The van der Waals surface area contributed by atoms with Gasteiger partial charge in [0, 0.05) is 11.2 Å². The van der Waals surface area contributed by atoms with Crippen LogP contribution >= 0.6 is 0 Å². The van der Waals surface area contributed by atoms with E-state index in [1.165, 1.54) is 49.8 Å². The van der Waals surface area contributed by atoms with Gasteiger partial charge in [-0.25, -0.2) is 0 Å². The molecule has 1 N–H and O–H groups in total. The summed E-state index contributed by atoms with van der Waals surface area (Å²) in [6.45, 7) is 4.61. The fraction of sp³-hybridized carbons (Fsp3) is 0.684. The molecule has 5 rings (SSSR count). The highest BCUT2D eigenvalue weighted by molar-refractivity contribution is 5.54. The number of para-hydroxylation sites is 1. The van der Waals surface area contributed by atoms with E-state index in [1.807, 2.05) is 0 Å². The summed E-state index contributed by atoms with van der Waals surface area (Å²) in [4.78, 5) is 0. The lowest BCUT2D eigenvalue weighted by atomic mass is 9.53. The molecule has 1 aromatic carbocycles. The van der Waals surface area contributed by atoms with Crippen LogP contribution in [0.3, 0.4) is 0 Å². The molecule has 0 aliphatic heterocycles. The minimum absolute atomic E-state index is 0.430. The molecule has 0 atom stereocenters. The van der Waals surface area contributed by atoms with Crippen LogP contribution < -0.4 is 5.32 Å². The number of hydrogen-bond donors (Lipinski definition) is 1. The lowest BCUT2D eigenvalue weighted by molar-refractivity contribution is 0.0107. The van der Waals surface area contributed by atoms with Gasteiger partial charge in [0.15, 0.2) is 0 Å². The maximum atomic E-state index is 4.04. The average molecular weight is 269 g/mol. The van der Waals surface area contributed by atoms with Crippen molar-refractivity contribution >= 4 is 5.69 Å². The summed E-state index contributed by atoms with van der Waals surface area (Å²) in [6, 6.07) is 8.97.